The number of aryl methyl sites for hydroxylation is 1. The van der Waals surface area contributed by atoms with Crippen LogP contribution >= 0.6 is 0 Å². The van der Waals surface area contributed by atoms with Crippen molar-refractivity contribution in [1.29, 1.82) is 0 Å². The molecule has 9 nitrogen and oxygen atoms in total. The Morgan fingerprint density at radius 2 is 1.97 bits per heavy atom. The summed E-state index contributed by atoms with van der Waals surface area (Å²) in [6, 6.07) is 7.20. The number of ether oxygens (including phenoxy) is 1. The molecule has 0 saturated carbocycles. The number of carbonyl (C=O) groups excluding carboxylic acids is 1. The Kier molecular flexibility index (Phi) is 7.79. The smallest absolute Gasteiger partial charge is 0.325 e. The number of nitrogens with zero attached hydrogens (tertiary/aromatic N) is 5. The molecule has 1 aliphatic rings. The number of rotatable bonds is 8. The van der Waals surface area contributed by atoms with Gasteiger partial charge in [-0.2, -0.15) is 4.31 Å². The van der Waals surface area contributed by atoms with Gasteiger partial charge in [0.1, 0.15) is 6.04 Å². The van der Waals surface area contributed by atoms with E-state index in [1.165, 1.54) is 17.0 Å². The van der Waals surface area contributed by atoms with Crippen LogP contribution in [0.15, 0.2) is 30.5 Å². The first-order chi connectivity index (χ1) is 14.8. The Labute approximate surface area is 184 Å². The predicted molar refractivity (Wildman–Crippen MR) is 117 cm³/mol. The maximum Gasteiger partial charge on any atom is 0.325 e. The molecule has 0 amide bonds. The highest BCUT2D eigenvalue weighted by molar-refractivity contribution is 7.89. The zero-order chi connectivity index (χ0) is 22.4. The highest BCUT2D eigenvalue weighted by atomic mass is 32.2. The second-order valence-corrected chi connectivity index (χ2v) is 9.99. The maximum absolute atomic E-state index is 13.0. The Morgan fingerprint density at radius 1 is 1.23 bits per heavy atom. The summed E-state index contributed by atoms with van der Waals surface area (Å²) in [5.74, 6) is -0.596. The largest absolute Gasteiger partial charge is 0.468 e. The van der Waals surface area contributed by atoms with Crippen molar-refractivity contribution in [1.82, 2.24) is 24.2 Å². The fourth-order valence-corrected chi connectivity index (χ4v) is 5.23. The van der Waals surface area contributed by atoms with Gasteiger partial charge in [0, 0.05) is 13.1 Å². The van der Waals surface area contributed by atoms with E-state index in [2.05, 4.69) is 17.2 Å². The van der Waals surface area contributed by atoms with Crippen LogP contribution < -0.4 is 0 Å². The van der Waals surface area contributed by atoms with Crippen LogP contribution in [-0.4, -0.2) is 77.1 Å². The molecule has 0 spiro atoms. The Hall–Kier alpha value is -2.30. The molecule has 0 aliphatic carbocycles. The Balaban J connectivity index is 1.79. The molecule has 1 aromatic carbocycles. The predicted octanol–water partition coefficient (Wildman–Crippen LogP) is 1.42. The van der Waals surface area contributed by atoms with Crippen LogP contribution in [0.1, 0.15) is 36.6 Å². The van der Waals surface area contributed by atoms with E-state index in [1.807, 2.05) is 36.1 Å². The van der Waals surface area contributed by atoms with Gasteiger partial charge in [0.2, 0.25) is 10.0 Å². The highest BCUT2D eigenvalue weighted by Gasteiger charge is 2.40. The van der Waals surface area contributed by atoms with Crippen LogP contribution in [0.25, 0.3) is 0 Å². The number of hydrogen-bond acceptors (Lipinski definition) is 7. The first-order valence-electron chi connectivity index (χ1n) is 10.6. The number of hydrogen-bond donors (Lipinski definition) is 0. The van der Waals surface area contributed by atoms with Crippen molar-refractivity contribution in [3.63, 3.8) is 0 Å². The van der Waals surface area contributed by atoms with Crippen molar-refractivity contribution in [2.45, 2.75) is 45.8 Å². The Bertz CT molecular complexity index is 974. The van der Waals surface area contributed by atoms with Crippen molar-refractivity contribution in [3.05, 3.63) is 47.3 Å². The molecule has 1 aliphatic heterocycles. The normalized spacial score (nSPS) is 19.8. The van der Waals surface area contributed by atoms with Gasteiger partial charge in [0.25, 0.3) is 0 Å². The van der Waals surface area contributed by atoms with Crippen molar-refractivity contribution in [2.75, 3.05) is 32.5 Å². The van der Waals surface area contributed by atoms with Gasteiger partial charge in [-0.1, -0.05) is 48.4 Å². The van der Waals surface area contributed by atoms with Crippen LogP contribution in [-0.2, 0) is 32.6 Å². The number of aromatic nitrogens is 3. The molecule has 10 heteroatoms. The van der Waals surface area contributed by atoms with Gasteiger partial charge in [-0.15, -0.1) is 5.10 Å². The number of carbonyl (C=O) groups is 1. The van der Waals surface area contributed by atoms with E-state index in [0.717, 1.165) is 24.9 Å². The molecule has 1 saturated heterocycles. The SMILES string of the molecule is CCCCN1CCS(=O)(=O)N(Cc2cn(Cc3ccc(C)cc3)nn2)C(C(=O)OC)C1. The molecular weight excluding hydrogens is 418 g/mol. The molecule has 0 radical (unpaired) electrons. The van der Waals surface area contributed by atoms with Crippen molar-refractivity contribution in [2.24, 2.45) is 0 Å². The summed E-state index contributed by atoms with van der Waals surface area (Å²) in [7, 11) is -2.38. The molecule has 0 N–H and O–H groups in total. The van der Waals surface area contributed by atoms with Gasteiger partial charge < -0.3 is 9.64 Å². The lowest BCUT2D eigenvalue weighted by Gasteiger charge is -2.27. The lowest BCUT2D eigenvalue weighted by Crippen LogP contribution is -2.48. The number of benzene rings is 1. The minimum atomic E-state index is -3.66. The highest BCUT2D eigenvalue weighted by Crippen LogP contribution is 2.19. The van der Waals surface area contributed by atoms with E-state index in [0.29, 0.717) is 25.3 Å². The quantitative estimate of drug-likeness (QED) is 0.562. The van der Waals surface area contributed by atoms with Crippen LogP contribution in [0.2, 0.25) is 0 Å². The Morgan fingerprint density at radius 3 is 2.65 bits per heavy atom. The lowest BCUT2D eigenvalue weighted by molar-refractivity contribution is -0.145. The molecule has 2 aromatic rings. The van der Waals surface area contributed by atoms with E-state index >= 15 is 0 Å². The first-order valence-corrected chi connectivity index (χ1v) is 12.2. The number of unbranched alkanes of at least 4 members (excludes halogenated alkanes) is 1. The molecule has 0 bridgehead atoms. The van der Waals surface area contributed by atoms with E-state index in [4.69, 9.17) is 4.74 Å². The first kappa shape index (κ1) is 23.4. The number of sulfonamides is 1. The molecule has 1 aromatic heterocycles. The van der Waals surface area contributed by atoms with Crippen LogP contribution in [0.5, 0.6) is 0 Å². The summed E-state index contributed by atoms with van der Waals surface area (Å²) in [6.07, 6.45) is 3.67. The lowest BCUT2D eigenvalue weighted by atomic mass is 10.1. The van der Waals surface area contributed by atoms with Gasteiger partial charge in [-0.25, -0.2) is 13.1 Å². The summed E-state index contributed by atoms with van der Waals surface area (Å²) in [4.78, 5) is 14.5. The molecule has 2 heterocycles. The third kappa shape index (κ3) is 6.11. The molecule has 1 unspecified atom stereocenters. The van der Waals surface area contributed by atoms with Crippen molar-refractivity contribution < 1.29 is 17.9 Å². The minimum absolute atomic E-state index is 0.0163. The maximum atomic E-state index is 13.0. The third-order valence-corrected chi connectivity index (χ3v) is 7.27. The van der Waals surface area contributed by atoms with Crippen molar-refractivity contribution >= 4 is 16.0 Å². The second kappa shape index (κ2) is 10.3. The van der Waals surface area contributed by atoms with E-state index in [1.54, 1.807) is 10.9 Å². The summed E-state index contributed by atoms with van der Waals surface area (Å²) < 4.78 is 33.9. The molecule has 1 atom stereocenters. The van der Waals surface area contributed by atoms with Gasteiger partial charge in [0.05, 0.1) is 37.8 Å². The molecule has 170 valence electrons. The minimum Gasteiger partial charge on any atom is -0.468 e. The van der Waals surface area contributed by atoms with Gasteiger partial charge in [0.15, 0.2) is 0 Å². The van der Waals surface area contributed by atoms with Crippen LogP contribution in [0.3, 0.4) is 0 Å². The van der Waals surface area contributed by atoms with Gasteiger partial charge in [-0.3, -0.25) is 4.79 Å². The summed E-state index contributed by atoms with van der Waals surface area (Å²) in [5.41, 5.74) is 2.74. The average molecular weight is 450 g/mol. The summed E-state index contributed by atoms with van der Waals surface area (Å²) in [6.45, 7) is 6.08. The third-order valence-electron chi connectivity index (χ3n) is 5.47. The fraction of sp³-hybridized carbons (Fsp3) is 0.571. The second-order valence-electron chi connectivity index (χ2n) is 7.95. The van der Waals surface area contributed by atoms with Gasteiger partial charge >= 0.3 is 5.97 Å². The number of methoxy groups -OCH3 is 1. The molecule has 3 rings (SSSR count). The fourth-order valence-electron chi connectivity index (χ4n) is 3.63. The zero-order valence-electron chi connectivity index (χ0n) is 18.4. The topological polar surface area (TPSA) is 97.6 Å². The van der Waals surface area contributed by atoms with E-state index in [-0.39, 0.29) is 12.3 Å². The van der Waals surface area contributed by atoms with Crippen LogP contribution in [0, 0.1) is 6.92 Å². The monoisotopic (exact) mass is 449 g/mol. The summed E-state index contributed by atoms with van der Waals surface area (Å²) >= 11 is 0. The standard InChI is InChI=1S/C21H31N5O4S/c1-4-5-10-24-11-12-31(28,29)26(20(16-24)21(27)30-3)15-19-14-25(23-22-19)13-18-8-6-17(2)7-9-18/h6-9,14,20H,4-5,10-13,15-16H2,1-3H3. The zero-order valence-corrected chi connectivity index (χ0v) is 19.2. The molecule has 31 heavy (non-hydrogen) atoms. The van der Waals surface area contributed by atoms with Gasteiger partial charge in [-0.05, 0) is 25.5 Å². The number of esters is 1. The van der Waals surface area contributed by atoms with E-state index in [9.17, 15) is 13.2 Å². The van der Waals surface area contributed by atoms with Crippen LogP contribution in [0.4, 0.5) is 0 Å². The summed E-state index contributed by atoms with van der Waals surface area (Å²) in [5, 5.41) is 8.28. The van der Waals surface area contributed by atoms with Crippen molar-refractivity contribution in [3.8, 4) is 0 Å². The molecule has 1 fully saturated rings. The van der Waals surface area contributed by atoms with E-state index < -0.39 is 22.0 Å². The molecular formula is C21H31N5O4S. The average Bonchev–Trinajstić information content (AvgIpc) is 3.15.